The largest absolute Gasteiger partial charge is 0.308 e. The zero-order valence-corrected chi connectivity index (χ0v) is 13.4. The van der Waals surface area contributed by atoms with E-state index in [0.29, 0.717) is 5.54 Å². The van der Waals surface area contributed by atoms with Crippen molar-refractivity contribution in [1.29, 1.82) is 0 Å². The van der Waals surface area contributed by atoms with E-state index in [1.807, 2.05) is 0 Å². The Bertz CT molecular complexity index is 258. The highest BCUT2D eigenvalue weighted by Gasteiger charge is 2.39. The van der Waals surface area contributed by atoms with E-state index in [1.54, 1.807) is 0 Å². The van der Waals surface area contributed by atoms with Crippen molar-refractivity contribution in [3.05, 3.63) is 0 Å². The summed E-state index contributed by atoms with van der Waals surface area (Å²) in [4.78, 5) is 2.82. The predicted molar refractivity (Wildman–Crippen MR) is 83.5 cm³/mol. The molecule has 0 aromatic heterocycles. The average molecular weight is 266 g/mol. The van der Waals surface area contributed by atoms with Gasteiger partial charge in [-0.1, -0.05) is 46.5 Å². The third-order valence-electron chi connectivity index (χ3n) is 5.34. The second-order valence-corrected chi connectivity index (χ2v) is 7.11. The summed E-state index contributed by atoms with van der Waals surface area (Å²) in [5.74, 6) is 0.859. The third-order valence-corrected chi connectivity index (χ3v) is 5.34. The number of hydrogen-bond acceptors (Lipinski definition) is 2. The Labute approximate surface area is 120 Å². The van der Waals surface area contributed by atoms with Crippen LogP contribution in [0.25, 0.3) is 0 Å². The van der Waals surface area contributed by atoms with Gasteiger partial charge in [-0.05, 0) is 31.6 Å². The molecule has 1 spiro atoms. The van der Waals surface area contributed by atoms with Gasteiger partial charge in [-0.25, -0.2) is 0 Å². The molecule has 2 atom stereocenters. The molecule has 2 heteroatoms. The van der Waals surface area contributed by atoms with Gasteiger partial charge >= 0.3 is 0 Å². The Morgan fingerprint density at radius 1 is 1.21 bits per heavy atom. The first-order valence-corrected chi connectivity index (χ1v) is 8.68. The van der Waals surface area contributed by atoms with Crippen molar-refractivity contribution in [2.45, 2.75) is 83.7 Å². The predicted octanol–water partition coefficient (Wildman–Crippen LogP) is 3.81. The van der Waals surface area contributed by atoms with Gasteiger partial charge in [0, 0.05) is 31.2 Å². The van der Waals surface area contributed by atoms with E-state index in [9.17, 15) is 0 Å². The van der Waals surface area contributed by atoms with Crippen molar-refractivity contribution in [2.24, 2.45) is 5.92 Å². The molecule has 0 aromatic carbocycles. The summed E-state index contributed by atoms with van der Waals surface area (Å²) in [7, 11) is 0. The lowest BCUT2D eigenvalue weighted by Crippen LogP contribution is -2.65. The van der Waals surface area contributed by atoms with Crippen molar-refractivity contribution >= 4 is 0 Å². The van der Waals surface area contributed by atoms with E-state index in [4.69, 9.17) is 0 Å². The lowest BCUT2D eigenvalue weighted by molar-refractivity contribution is 0.0435. The monoisotopic (exact) mass is 266 g/mol. The molecule has 1 heterocycles. The van der Waals surface area contributed by atoms with Crippen molar-refractivity contribution < 1.29 is 0 Å². The SMILES string of the molecule is CCCC(C)CN1CC2(CCCCC2)NCC1CC. The fourth-order valence-corrected chi connectivity index (χ4v) is 4.20. The number of piperazine rings is 1. The molecule has 0 amide bonds. The number of hydrogen-bond donors (Lipinski definition) is 1. The van der Waals surface area contributed by atoms with Crippen LogP contribution in [0.3, 0.4) is 0 Å². The first kappa shape index (κ1) is 15.3. The minimum Gasteiger partial charge on any atom is -0.308 e. The molecule has 0 aromatic rings. The summed E-state index contributed by atoms with van der Waals surface area (Å²) in [6.45, 7) is 10.9. The second-order valence-electron chi connectivity index (χ2n) is 7.11. The maximum Gasteiger partial charge on any atom is 0.0309 e. The van der Waals surface area contributed by atoms with E-state index in [-0.39, 0.29) is 0 Å². The molecule has 2 rings (SSSR count). The Morgan fingerprint density at radius 3 is 2.58 bits per heavy atom. The van der Waals surface area contributed by atoms with Gasteiger partial charge in [0.1, 0.15) is 0 Å². The van der Waals surface area contributed by atoms with Crippen LogP contribution in [0.5, 0.6) is 0 Å². The smallest absolute Gasteiger partial charge is 0.0309 e. The lowest BCUT2D eigenvalue weighted by atomic mass is 9.79. The molecule has 1 saturated heterocycles. The van der Waals surface area contributed by atoms with Crippen LogP contribution in [0.15, 0.2) is 0 Å². The maximum absolute atomic E-state index is 3.93. The number of nitrogens with zero attached hydrogens (tertiary/aromatic N) is 1. The fraction of sp³-hybridized carbons (Fsp3) is 1.00. The molecule has 2 nitrogen and oxygen atoms in total. The summed E-state index contributed by atoms with van der Waals surface area (Å²) in [6, 6.07) is 0.770. The highest BCUT2D eigenvalue weighted by molar-refractivity contribution is 4.99. The van der Waals surface area contributed by atoms with Crippen LogP contribution in [-0.2, 0) is 0 Å². The average Bonchev–Trinajstić information content (AvgIpc) is 2.40. The number of rotatable bonds is 5. The molecule has 0 radical (unpaired) electrons. The second kappa shape index (κ2) is 7.08. The van der Waals surface area contributed by atoms with E-state index >= 15 is 0 Å². The molecule has 2 unspecified atom stereocenters. The summed E-state index contributed by atoms with van der Waals surface area (Å²) in [5.41, 5.74) is 0.468. The molecule has 2 fully saturated rings. The quantitative estimate of drug-likeness (QED) is 0.814. The third kappa shape index (κ3) is 3.95. The van der Waals surface area contributed by atoms with E-state index in [1.165, 1.54) is 71.0 Å². The zero-order chi connectivity index (χ0) is 13.7. The molecule has 1 aliphatic heterocycles. The Hall–Kier alpha value is -0.0800. The molecular formula is C17H34N2. The van der Waals surface area contributed by atoms with Gasteiger partial charge < -0.3 is 5.32 Å². The minimum absolute atomic E-state index is 0.468. The summed E-state index contributed by atoms with van der Waals surface area (Å²) >= 11 is 0. The van der Waals surface area contributed by atoms with Crippen LogP contribution in [0, 0.1) is 5.92 Å². The molecule has 112 valence electrons. The maximum atomic E-state index is 3.93. The van der Waals surface area contributed by atoms with Crippen molar-refractivity contribution in [2.75, 3.05) is 19.6 Å². The Balaban J connectivity index is 1.95. The highest BCUT2D eigenvalue weighted by Crippen LogP contribution is 2.32. The van der Waals surface area contributed by atoms with Crippen LogP contribution < -0.4 is 5.32 Å². The van der Waals surface area contributed by atoms with Crippen LogP contribution in [0.4, 0.5) is 0 Å². The first-order valence-electron chi connectivity index (χ1n) is 8.68. The molecule has 0 bridgehead atoms. The summed E-state index contributed by atoms with van der Waals surface area (Å²) < 4.78 is 0. The van der Waals surface area contributed by atoms with Gasteiger partial charge in [-0.15, -0.1) is 0 Å². The molecule has 2 aliphatic rings. The Morgan fingerprint density at radius 2 is 1.95 bits per heavy atom. The van der Waals surface area contributed by atoms with E-state index in [2.05, 4.69) is 31.0 Å². The minimum atomic E-state index is 0.468. The van der Waals surface area contributed by atoms with Gasteiger partial charge in [0.15, 0.2) is 0 Å². The molecule has 19 heavy (non-hydrogen) atoms. The van der Waals surface area contributed by atoms with Crippen molar-refractivity contribution in [3.63, 3.8) is 0 Å². The zero-order valence-electron chi connectivity index (χ0n) is 13.4. The first-order chi connectivity index (χ1) is 9.19. The van der Waals surface area contributed by atoms with Crippen LogP contribution >= 0.6 is 0 Å². The molecular weight excluding hydrogens is 232 g/mol. The van der Waals surface area contributed by atoms with E-state index in [0.717, 1.165) is 12.0 Å². The van der Waals surface area contributed by atoms with Gasteiger partial charge in [-0.3, -0.25) is 4.90 Å². The van der Waals surface area contributed by atoms with Crippen molar-refractivity contribution in [3.8, 4) is 0 Å². The van der Waals surface area contributed by atoms with Crippen LogP contribution in [0.1, 0.15) is 72.1 Å². The van der Waals surface area contributed by atoms with Gasteiger partial charge in [0.25, 0.3) is 0 Å². The molecule has 1 N–H and O–H groups in total. The lowest BCUT2D eigenvalue weighted by Gasteiger charge is -2.50. The molecule has 1 saturated carbocycles. The highest BCUT2D eigenvalue weighted by atomic mass is 15.3. The van der Waals surface area contributed by atoms with Crippen LogP contribution in [0.2, 0.25) is 0 Å². The van der Waals surface area contributed by atoms with E-state index < -0.39 is 0 Å². The van der Waals surface area contributed by atoms with Crippen molar-refractivity contribution in [1.82, 2.24) is 10.2 Å². The topological polar surface area (TPSA) is 15.3 Å². The van der Waals surface area contributed by atoms with Gasteiger partial charge in [-0.2, -0.15) is 0 Å². The summed E-state index contributed by atoms with van der Waals surface area (Å²) in [5, 5.41) is 3.93. The number of nitrogens with one attached hydrogen (secondary N) is 1. The fourth-order valence-electron chi connectivity index (χ4n) is 4.20. The standard InChI is InChI=1S/C17H34N2/c1-4-9-15(3)13-19-14-17(10-7-6-8-11-17)18-12-16(19)5-2/h15-16,18H,4-14H2,1-3H3. The summed E-state index contributed by atoms with van der Waals surface area (Å²) in [6.07, 6.45) is 11.1. The van der Waals surface area contributed by atoms with Gasteiger partial charge in [0.2, 0.25) is 0 Å². The Kier molecular flexibility index (Phi) is 5.70. The normalized spacial score (nSPS) is 29.5. The van der Waals surface area contributed by atoms with Gasteiger partial charge in [0.05, 0.1) is 0 Å². The molecule has 1 aliphatic carbocycles. The van der Waals surface area contributed by atoms with Crippen LogP contribution in [-0.4, -0.2) is 36.1 Å².